The fourth-order valence-electron chi connectivity index (χ4n) is 4.32. The molecule has 0 aromatic rings. The summed E-state index contributed by atoms with van der Waals surface area (Å²) >= 11 is 0. The summed E-state index contributed by atoms with van der Waals surface area (Å²) in [5, 5.41) is 3.42. The Labute approximate surface area is 205 Å². The number of piperidine rings is 1. The smallest absolute Gasteiger partial charge is 0.236 e. The third-order valence-corrected chi connectivity index (χ3v) is 6.16. The van der Waals surface area contributed by atoms with Crippen LogP contribution in [-0.4, -0.2) is 111 Å². The van der Waals surface area contributed by atoms with Gasteiger partial charge in [-0.15, -0.1) is 24.0 Å². The molecule has 31 heavy (non-hydrogen) atoms. The molecule has 0 spiro atoms. The van der Waals surface area contributed by atoms with Crippen LogP contribution in [0, 0.1) is 0 Å². The van der Waals surface area contributed by atoms with Gasteiger partial charge in [-0.3, -0.25) is 14.7 Å². The number of likely N-dealkylation sites (tertiary alicyclic amines) is 1. The van der Waals surface area contributed by atoms with Gasteiger partial charge < -0.3 is 24.6 Å². The summed E-state index contributed by atoms with van der Waals surface area (Å²) in [7, 11) is 0. The van der Waals surface area contributed by atoms with E-state index in [1.165, 1.54) is 6.42 Å². The Balaban J connectivity index is 0.00000341. The minimum absolute atomic E-state index is 0. The number of piperazine rings is 1. The van der Waals surface area contributed by atoms with E-state index in [9.17, 15) is 4.79 Å². The number of guanidine groups is 1. The second-order valence-corrected chi connectivity index (χ2v) is 8.48. The normalized spacial score (nSPS) is 21.6. The van der Waals surface area contributed by atoms with Crippen molar-refractivity contribution in [1.82, 2.24) is 20.0 Å². The van der Waals surface area contributed by atoms with Crippen LogP contribution in [0.4, 0.5) is 0 Å². The maximum atomic E-state index is 12.5. The fourth-order valence-corrected chi connectivity index (χ4v) is 4.32. The Morgan fingerprint density at radius 3 is 2.42 bits per heavy atom. The van der Waals surface area contributed by atoms with Crippen LogP contribution in [0.3, 0.4) is 0 Å². The summed E-state index contributed by atoms with van der Waals surface area (Å²) in [6.07, 6.45) is 6.89. The first kappa shape index (κ1) is 26.6. The van der Waals surface area contributed by atoms with Crippen molar-refractivity contribution in [3.8, 4) is 0 Å². The number of halogens is 1. The monoisotopic (exact) mass is 551 g/mol. The Hall–Kier alpha value is -0.650. The number of hydrogen-bond donors (Lipinski definition) is 1. The molecule has 3 aliphatic heterocycles. The van der Waals surface area contributed by atoms with E-state index in [-0.39, 0.29) is 24.0 Å². The summed E-state index contributed by atoms with van der Waals surface area (Å²) in [5.41, 5.74) is 0. The topological polar surface area (TPSA) is 69.6 Å². The van der Waals surface area contributed by atoms with Crippen LogP contribution in [0.25, 0.3) is 0 Å². The van der Waals surface area contributed by atoms with Gasteiger partial charge in [0, 0.05) is 72.2 Å². The number of aliphatic imine (C=N–C) groups is 1. The molecule has 180 valence electrons. The lowest BCUT2D eigenvalue weighted by Crippen LogP contribution is -2.54. The average molecular weight is 552 g/mol. The van der Waals surface area contributed by atoms with Crippen molar-refractivity contribution >= 4 is 35.8 Å². The number of amides is 1. The first-order valence-electron chi connectivity index (χ1n) is 12.0. The summed E-state index contributed by atoms with van der Waals surface area (Å²) in [4.78, 5) is 24.0. The van der Waals surface area contributed by atoms with Crippen LogP contribution in [-0.2, 0) is 14.3 Å². The minimum Gasteiger partial charge on any atom is -0.381 e. The lowest BCUT2D eigenvalue weighted by molar-refractivity contribution is -0.133. The van der Waals surface area contributed by atoms with Gasteiger partial charge in [-0.25, -0.2) is 0 Å². The first-order chi connectivity index (χ1) is 14.8. The third-order valence-electron chi connectivity index (χ3n) is 6.16. The van der Waals surface area contributed by atoms with Gasteiger partial charge in [0.25, 0.3) is 0 Å². The van der Waals surface area contributed by atoms with Crippen LogP contribution >= 0.6 is 24.0 Å². The highest BCUT2D eigenvalue weighted by atomic mass is 127. The molecule has 3 heterocycles. The summed E-state index contributed by atoms with van der Waals surface area (Å²) in [5.74, 6) is 1.29. The van der Waals surface area contributed by atoms with Gasteiger partial charge in [0.1, 0.15) is 0 Å². The molecule has 1 N–H and O–H groups in total. The van der Waals surface area contributed by atoms with Gasteiger partial charge in [0.2, 0.25) is 5.91 Å². The van der Waals surface area contributed by atoms with Crippen molar-refractivity contribution in [2.75, 3.05) is 78.7 Å². The van der Waals surface area contributed by atoms with E-state index in [0.717, 1.165) is 110 Å². The van der Waals surface area contributed by atoms with Gasteiger partial charge in [-0.2, -0.15) is 0 Å². The zero-order chi connectivity index (χ0) is 21.0. The molecule has 0 atom stereocenters. The maximum Gasteiger partial charge on any atom is 0.236 e. The largest absolute Gasteiger partial charge is 0.381 e. The molecule has 3 aliphatic rings. The molecule has 9 heteroatoms. The highest BCUT2D eigenvalue weighted by Crippen LogP contribution is 2.11. The number of ether oxygens (including phenoxy) is 2. The van der Waals surface area contributed by atoms with Crippen molar-refractivity contribution in [2.24, 2.45) is 4.99 Å². The molecular formula is C22H42IN5O3. The predicted octanol–water partition coefficient (Wildman–Crippen LogP) is 1.79. The van der Waals surface area contributed by atoms with E-state index < -0.39 is 0 Å². The molecular weight excluding hydrogens is 509 g/mol. The van der Waals surface area contributed by atoms with E-state index >= 15 is 0 Å². The molecule has 3 saturated heterocycles. The second kappa shape index (κ2) is 15.2. The van der Waals surface area contributed by atoms with Gasteiger partial charge >= 0.3 is 0 Å². The zero-order valence-corrected chi connectivity index (χ0v) is 21.6. The van der Waals surface area contributed by atoms with Gasteiger partial charge in [0.15, 0.2) is 5.96 Å². The molecule has 0 radical (unpaired) electrons. The molecule has 0 aliphatic carbocycles. The molecule has 0 aromatic carbocycles. The van der Waals surface area contributed by atoms with E-state index in [4.69, 9.17) is 14.5 Å². The fraction of sp³-hybridized carbons (Fsp3) is 0.909. The standard InChI is InChI=1S/C22H41N5O3.HI/c1-2-23-22(24-9-6-16-30-20-7-17-29-18-8-20)27-14-12-25(13-15-27)19-21(28)26-10-4-3-5-11-26;/h20H,2-19H2,1H3,(H,23,24);1H. The SMILES string of the molecule is CCNC(=NCCCOC1CCOCC1)N1CCN(CC(=O)N2CCCCC2)CC1.I. The lowest BCUT2D eigenvalue weighted by Gasteiger charge is -2.37. The molecule has 0 unspecified atom stereocenters. The molecule has 0 bridgehead atoms. The van der Waals surface area contributed by atoms with Crippen molar-refractivity contribution in [1.29, 1.82) is 0 Å². The molecule has 0 aromatic heterocycles. The van der Waals surface area contributed by atoms with Crippen molar-refractivity contribution in [3.63, 3.8) is 0 Å². The maximum absolute atomic E-state index is 12.5. The van der Waals surface area contributed by atoms with Gasteiger partial charge in [0.05, 0.1) is 12.6 Å². The number of carbonyl (C=O) groups excluding carboxylic acids is 1. The quantitative estimate of drug-likeness (QED) is 0.215. The van der Waals surface area contributed by atoms with Crippen molar-refractivity contribution < 1.29 is 14.3 Å². The number of nitrogens with one attached hydrogen (secondary N) is 1. The highest BCUT2D eigenvalue weighted by Gasteiger charge is 2.24. The zero-order valence-electron chi connectivity index (χ0n) is 19.2. The van der Waals surface area contributed by atoms with E-state index in [1.807, 2.05) is 4.90 Å². The van der Waals surface area contributed by atoms with E-state index in [0.29, 0.717) is 18.6 Å². The van der Waals surface area contributed by atoms with Crippen molar-refractivity contribution in [2.45, 2.75) is 51.6 Å². The summed E-state index contributed by atoms with van der Waals surface area (Å²) < 4.78 is 11.3. The van der Waals surface area contributed by atoms with Crippen LogP contribution in [0.5, 0.6) is 0 Å². The van der Waals surface area contributed by atoms with Crippen LogP contribution < -0.4 is 5.32 Å². The van der Waals surface area contributed by atoms with Crippen LogP contribution in [0.2, 0.25) is 0 Å². The second-order valence-electron chi connectivity index (χ2n) is 8.48. The molecule has 3 rings (SSSR count). The first-order valence-corrected chi connectivity index (χ1v) is 12.0. The van der Waals surface area contributed by atoms with Gasteiger partial charge in [-0.05, 0) is 45.4 Å². The average Bonchev–Trinajstić information content (AvgIpc) is 2.80. The lowest BCUT2D eigenvalue weighted by atomic mass is 10.1. The van der Waals surface area contributed by atoms with Crippen molar-refractivity contribution in [3.05, 3.63) is 0 Å². The number of rotatable bonds is 8. The van der Waals surface area contributed by atoms with Crippen LogP contribution in [0.15, 0.2) is 4.99 Å². The Kier molecular flexibility index (Phi) is 13.1. The number of nitrogens with zero attached hydrogens (tertiary/aromatic N) is 4. The third kappa shape index (κ3) is 9.39. The molecule has 1 amide bonds. The van der Waals surface area contributed by atoms with E-state index in [1.54, 1.807) is 0 Å². The predicted molar refractivity (Wildman–Crippen MR) is 134 cm³/mol. The van der Waals surface area contributed by atoms with Gasteiger partial charge in [-0.1, -0.05) is 0 Å². The molecule has 8 nitrogen and oxygen atoms in total. The number of hydrogen-bond acceptors (Lipinski definition) is 5. The Bertz CT molecular complexity index is 531. The summed E-state index contributed by atoms with van der Waals surface area (Å²) in [6, 6.07) is 0. The Morgan fingerprint density at radius 1 is 1.03 bits per heavy atom. The van der Waals surface area contributed by atoms with E-state index in [2.05, 4.69) is 22.0 Å². The molecule has 3 fully saturated rings. The minimum atomic E-state index is 0. The molecule has 0 saturated carbocycles. The highest BCUT2D eigenvalue weighted by molar-refractivity contribution is 14.0. The Morgan fingerprint density at radius 2 is 1.74 bits per heavy atom. The number of carbonyl (C=O) groups is 1. The summed E-state index contributed by atoms with van der Waals surface area (Å²) in [6.45, 7) is 12.3. The van der Waals surface area contributed by atoms with Crippen LogP contribution in [0.1, 0.15) is 45.4 Å².